The maximum atomic E-state index is 5.84. The molecule has 3 nitrogen and oxygen atoms in total. The number of hydrogen-bond donors (Lipinski definition) is 1. The minimum atomic E-state index is 0.0522. The van der Waals surface area contributed by atoms with Gasteiger partial charge < -0.3 is 10.6 Å². The standard InChI is InChI=1S/C14H17N3S/c1-10(15)11-2-3-14(16-8-11)17-6-4-13-12(9-17)5-7-18-13/h2-3,5,7-8,10H,4,6,9,15H2,1H3. The van der Waals surface area contributed by atoms with Gasteiger partial charge in [-0.15, -0.1) is 11.3 Å². The third kappa shape index (κ3) is 2.13. The highest BCUT2D eigenvalue weighted by atomic mass is 32.1. The van der Waals surface area contributed by atoms with Gasteiger partial charge in [0.1, 0.15) is 5.82 Å². The SMILES string of the molecule is CC(N)c1ccc(N2CCc3sccc3C2)nc1. The van der Waals surface area contributed by atoms with Gasteiger partial charge in [-0.3, -0.25) is 0 Å². The van der Waals surface area contributed by atoms with E-state index in [2.05, 4.69) is 33.5 Å². The first kappa shape index (κ1) is 11.7. The van der Waals surface area contributed by atoms with Crippen LogP contribution in [0, 0.1) is 0 Å². The molecule has 1 unspecified atom stereocenters. The molecule has 2 aromatic rings. The van der Waals surface area contributed by atoms with Crippen LogP contribution in [0.4, 0.5) is 5.82 Å². The fourth-order valence-electron chi connectivity index (χ4n) is 2.30. The highest BCUT2D eigenvalue weighted by Crippen LogP contribution is 2.27. The molecule has 2 aromatic heterocycles. The van der Waals surface area contributed by atoms with E-state index >= 15 is 0 Å². The molecule has 0 aromatic carbocycles. The molecule has 3 rings (SSSR count). The Hall–Kier alpha value is -1.39. The molecule has 0 saturated heterocycles. The molecule has 1 aliphatic heterocycles. The van der Waals surface area contributed by atoms with Crippen molar-refractivity contribution in [1.82, 2.24) is 4.98 Å². The third-order valence-electron chi connectivity index (χ3n) is 3.43. The zero-order chi connectivity index (χ0) is 12.5. The molecule has 1 aliphatic rings. The van der Waals surface area contributed by atoms with Gasteiger partial charge in [-0.1, -0.05) is 6.07 Å². The summed E-state index contributed by atoms with van der Waals surface area (Å²) in [6.45, 7) is 4.01. The first-order valence-corrected chi connectivity index (χ1v) is 7.14. The van der Waals surface area contributed by atoms with Crippen molar-refractivity contribution >= 4 is 17.2 Å². The first-order chi connectivity index (χ1) is 8.74. The zero-order valence-corrected chi connectivity index (χ0v) is 11.3. The van der Waals surface area contributed by atoms with Crippen molar-refractivity contribution in [2.45, 2.75) is 25.9 Å². The Bertz CT molecular complexity index is 530. The van der Waals surface area contributed by atoms with Gasteiger partial charge in [0.05, 0.1) is 0 Å². The number of hydrogen-bond acceptors (Lipinski definition) is 4. The van der Waals surface area contributed by atoms with Crippen molar-refractivity contribution in [1.29, 1.82) is 0 Å². The van der Waals surface area contributed by atoms with E-state index in [9.17, 15) is 0 Å². The number of rotatable bonds is 2. The molecule has 0 fully saturated rings. The molecule has 4 heteroatoms. The summed E-state index contributed by atoms with van der Waals surface area (Å²) in [4.78, 5) is 8.39. The predicted molar refractivity (Wildman–Crippen MR) is 75.9 cm³/mol. The minimum absolute atomic E-state index is 0.0522. The van der Waals surface area contributed by atoms with Crippen LogP contribution in [0.3, 0.4) is 0 Å². The Morgan fingerprint density at radius 3 is 3.00 bits per heavy atom. The van der Waals surface area contributed by atoms with Crippen molar-refractivity contribution in [3.63, 3.8) is 0 Å². The second kappa shape index (κ2) is 4.71. The van der Waals surface area contributed by atoms with Crippen molar-refractivity contribution in [3.05, 3.63) is 45.8 Å². The fraction of sp³-hybridized carbons (Fsp3) is 0.357. The highest BCUT2D eigenvalue weighted by Gasteiger charge is 2.18. The van der Waals surface area contributed by atoms with Gasteiger partial charge in [-0.25, -0.2) is 4.98 Å². The number of pyridine rings is 1. The minimum Gasteiger partial charge on any atom is -0.352 e. The normalized spacial score (nSPS) is 16.4. The predicted octanol–water partition coefficient (Wildman–Crippen LogP) is 2.73. The van der Waals surface area contributed by atoms with Gasteiger partial charge in [0.25, 0.3) is 0 Å². The van der Waals surface area contributed by atoms with E-state index in [1.54, 1.807) is 0 Å². The maximum Gasteiger partial charge on any atom is 0.128 e. The number of anilines is 1. The molecule has 3 heterocycles. The van der Waals surface area contributed by atoms with Gasteiger partial charge in [0.15, 0.2) is 0 Å². The summed E-state index contributed by atoms with van der Waals surface area (Å²) in [5.41, 5.74) is 8.38. The molecule has 0 aliphatic carbocycles. The van der Waals surface area contributed by atoms with Gasteiger partial charge in [-0.2, -0.15) is 0 Å². The van der Waals surface area contributed by atoms with Crippen LogP contribution in [-0.4, -0.2) is 11.5 Å². The number of aromatic nitrogens is 1. The Labute approximate surface area is 111 Å². The molecule has 0 saturated carbocycles. The van der Waals surface area contributed by atoms with Gasteiger partial charge in [0, 0.05) is 30.2 Å². The second-order valence-electron chi connectivity index (χ2n) is 4.78. The molecule has 94 valence electrons. The summed E-state index contributed by atoms with van der Waals surface area (Å²) in [6, 6.07) is 6.44. The Kier molecular flexibility index (Phi) is 3.06. The van der Waals surface area contributed by atoms with Crippen molar-refractivity contribution in [2.24, 2.45) is 5.73 Å². The maximum absolute atomic E-state index is 5.84. The lowest BCUT2D eigenvalue weighted by Crippen LogP contribution is -2.30. The smallest absolute Gasteiger partial charge is 0.128 e. The summed E-state index contributed by atoms with van der Waals surface area (Å²) in [6.07, 6.45) is 3.02. The van der Waals surface area contributed by atoms with Gasteiger partial charge >= 0.3 is 0 Å². The van der Waals surface area contributed by atoms with E-state index in [4.69, 9.17) is 5.73 Å². The first-order valence-electron chi connectivity index (χ1n) is 6.26. The molecule has 0 spiro atoms. The number of fused-ring (bicyclic) bond motifs is 1. The van der Waals surface area contributed by atoms with Crippen LogP contribution in [0.15, 0.2) is 29.8 Å². The van der Waals surface area contributed by atoms with Crippen LogP contribution < -0.4 is 10.6 Å². The molecule has 0 bridgehead atoms. The zero-order valence-electron chi connectivity index (χ0n) is 10.5. The molecule has 2 N–H and O–H groups in total. The summed E-state index contributed by atoms with van der Waals surface area (Å²) in [5.74, 6) is 1.05. The average molecular weight is 259 g/mol. The van der Waals surface area contributed by atoms with Crippen LogP contribution >= 0.6 is 11.3 Å². The number of nitrogens with zero attached hydrogens (tertiary/aromatic N) is 2. The topological polar surface area (TPSA) is 42.1 Å². The summed E-state index contributed by atoms with van der Waals surface area (Å²) >= 11 is 1.87. The second-order valence-corrected chi connectivity index (χ2v) is 5.78. The van der Waals surface area contributed by atoms with Crippen LogP contribution in [0.2, 0.25) is 0 Å². The van der Waals surface area contributed by atoms with E-state index in [-0.39, 0.29) is 6.04 Å². The monoisotopic (exact) mass is 259 g/mol. The lowest BCUT2D eigenvalue weighted by Gasteiger charge is -2.28. The lowest BCUT2D eigenvalue weighted by atomic mass is 10.1. The lowest BCUT2D eigenvalue weighted by molar-refractivity contribution is 0.729. The van der Waals surface area contributed by atoms with Crippen molar-refractivity contribution < 1.29 is 0 Å². The quantitative estimate of drug-likeness (QED) is 0.901. The Morgan fingerprint density at radius 2 is 2.28 bits per heavy atom. The van der Waals surface area contributed by atoms with E-state index in [1.807, 2.05) is 24.5 Å². The molecular formula is C14H17N3S. The fourth-order valence-corrected chi connectivity index (χ4v) is 3.19. The highest BCUT2D eigenvalue weighted by molar-refractivity contribution is 7.10. The van der Waals surface area contributed by atoms with Gasteiger partial charge in [0.2, 0.25) is 0 Å². The van der Waals surface area contributed by atoms with Crippen LogP contribution in [-0.2, 0) is 13.0 Å². The summed E-state index contributed by atoms with van der Waals surface area (Å²) in [7, 11) is 0. The van der Waals surface area contributed by atoms with Crippen molar-refractivity contribution in [2.75, 3.05) is 11.4 Å². The molecule has 0 radical (unpaired) electrons. The van der Waals surface area contributed by atoms with Gasteiger partial charge in [-0.05, 0) is 42.0 Å². The van der Waals surface area contributed by atoms with E-state index in [0.717, 1.165) is 30.9 Å². The number of nitrogens with two attached hydrogens (primary N) is 1. The van der Waals surface area contributed by atoms with Crippen molar-refractivity contribution in [3.8, 4) is 0 Å². The largest absolute Gasteiger partial charge is 0.352 e. The summed E-state index contributed by atoms with van der Waals surface area (Å²) in [5, 5.41) is 2.18. The van der Waals surface area contributed by atoms with E-state index in [1.165, 1.54) is 10.4 Å². The molecular weight excluding hydrogens is 242 g/mol. The van der Waals surface area contributed by atoms with Crippen LogP contribution in [0.25, 0.3) is 0 Å². The molecule has 18 heavy (non-hydrogen) atoms. The van der Waals surface area contributed by atoms with E-state index < -0.39 is 0 Å². The molecule has 1 atom stereocenters. The molecule has 0 amide bonds. The van der Waals surface area contributed by atoms with E-state index in [0.29, 0.717) is 0 Å². The van der Waals surface area contributed by atoms with Crippen LogP contribution in [0.5, 0.6) is 0 Å². The third-order valence-corrected chi connectivity index (χ3v) is 4.45. The Balaban J connectivity index is 1.80. The Morgan fingerprint density at radius 1 is 1.39 bits per heavy atom. The average Bonchev–Trinajstić information content (AvgIpc) is 2.86. The summed E-state index contributed by atoms with van der Waals surface area (Å²) < 4.78 is 0. The number of thiophene rings is 1. The van der Waals surface area contributed by atoms with Crippen LogP contribution in [0.1, 0.15) is 29.0 Å².